The van der Waals surface area contributed by atoms with Crippen molar-refractivity contribution in [2.45, 2.75) is 31.9 Å². The number of nitrogens with zero attached hydrogens (tertiary/aromatic N) is 1. The average molecular weight is 431 g/mol. The van der Waals surface area contributed by atoms with Crippen LogP contribution in [0.2, 0.25) is 0 Å². The molecule has 0 spiro atoms. The number of ether oxygens (including phenoxy) is 1. The van der Waals surface area contributed by atoms with E-state index in [0.717, 1.165) is 17.5 Å². The van der Waals surface area contributed by atoms with E-state index < -0.39 is 15.6 Å². The minimum Gasteiger partial charge on any atom is -0.487 e. The lowest BCUT2D eigenvalue weighted by Crippen LogP contribution is -2.42. The molecule has 0 fully saturated rings. The molecule has 7 nitrogen and oxygen atoms in total. The molecule has 1 atom stereocenters. The summed E-state index contributed by atoms with van der Waals surface area (Å²) >= 11 is 5.46. The van der Waals surface area contributed by atoms with Gasteiger partial charge >= 0.3 is 0 Å². The van der Waals surface area contributed by atoms with Gasteiger partial charge in [-0.25, -0.2) is 8.42 Å². The number of nitriles is 1. The third-order valence-corrected chi connectivity index (χ3v) is 5.17. The number of nitrogens with one attached hydrogen (secondary N) is 3. The molecule has 2 aromatic carbocycles. The Morgan fingerprint density at radius 2 is 1.86 bits per heavy atom. The van der Waals surface area contributed by atoms with Gasteiger partial charge in [-0.05, 0) is 68.5 Å². The van der Waals surface area contributed by atoms with Crippen LogP contribution in [0.5, 0.6) is 5.75 Å². The van der Waals surface area contributed by atoms with Crippen LogP contribution in [0.25, 0.3) is 0 Å². The molecule has 9 heteroatoms. The van der Waals surface area contributed by atoms with E-state index in [4.69, 9.17) is 22.2 Å². The maximum atomic E-state index is 11.6. The Morgan fingerprint density at radius 3 is 2.48 bits per heavy atom. The quantitative estimate of drug-likeness (QED) is 0.638. The first-order valence-electron chi connectivity index (χ1n) is 8.93. The molecule has 1 aliphatic heterocycles. The summed E-state index contributed by atoms with van der Waals surface area (Å²) in [5, 5.41) is 15.7. The van der Waals surface area contributed by atoms with Gasteiger partial charge < -0.3 is 15.4 Å². The topological polar surface area (TPSA) is 103 Å². The van der Waals surface area contributed by atoms with Gasteiger partial charge in [0.05, 0.1) is 23.9 Å². The van der Waals surface area contributed by atoms with E-state index in [0.29, 0.717) is 28.5 Å². The molecular formula is C20H22N4O3S2. The molecule has 0 aliphatic carbocycles. The second-order valence-corrected chi connectivity index (χ2v) is 9.69. The Morgan fingerprint density at radius 1 is 1.21 bits per heavy atom. The fourth-order valence-corrected chi connectivity index (χ4v) is 4.03. The normalized spacial score (nSPS) is 17.2. The molecule has 0 amide bonds. The Balaban J connectivity index is 1.81. The van der Waals surface area contributed by atoms with Crippen molar-refractivity contribution < 1.29 is 13.2 Å². The predicted molar refractivity (Wildman–Crippen MR) is 117 cm³/mol. The van der Waals surface area contributed by atoms with E-state index >= 15 is 0 Å². The number of sulfonamides is 1. The summed E-state index contributed by atoms with van der Waals surface area (Å²) in [5.41, 5.74) is 2.20. The van der Waals surface area contributed by atoms with Gasteiger partial charge in [0, 0.05) is 23.4 Å². The molecule has 0 bridgehead atoms. The predicted octanol–water partition coefficient (Wildman–Crippen LogP) is 3.52. The van der Waals surface area contributed by atoms with Crippen LogP contribution in [0.1, 0.15) is 37.4 Å². The molecule has 0 radical (unpaired) electrons. The van der Waals surface area contributed by atoms with E-state index in [1.165, 1.54) is 0 Å². The average Bonchev–Trinajstić information content (AvgIpc) is 2.61. The van der Waals surface area contributed by atoms with Crippen LogP contribution in [0.15, 0.2) is 42.5 Å². The van der Waals surface area contributed by atoms with Crippen molar-refractivity contribution in [3.63, 3.8) is 0 Å². The van der Waals surface area contributed by atoms with Gasteiger partial charge in [0.15, 0.2) is 5.11 Å². The van der Waals surface area contributed by atoms with Crippen molar-refractivity contribution >= 4 is 38.7 Å². The number of rotatable bonds is 4. The first kappa shape index (κ1) is 20.9. The summed E-state index contributed by atoms with van der Waals surface area (Å²) in [4.78, 5) is 0. The molecule has 1 unspecified atom stereocenters. The van der Waals surface area contributed by atoms with Crippen LogP contribution in [-0.4, -0.2) is 25.4 Å². The van der Waals surface area contributed by atoms with Crippen LogP contribution in [-0.2, 0) is 10.0 Å². The zero-order chi connectivity index (χ0) is 21.2. The Labute approximate surface area is 176 Å². The van der Waals surface area contributed by atoms with Gasteiger partial charge in [0.25, 0.3) is 0 Å². The largest absolute Gasteiger partial charge is 0.487 e. The van der Waals surface area contributed by atoms with Crippen LogP contribution < -0.4 is 20.1 Å². The van der Waals surface area contributed by atoms with Crippen molar-refractivity contribution in [1.82, 2.24) is 5.32 Å². The molecule has 1 aliphatic rings. The first-order valence-corrected chi connectivity index (χ1v) is 11.2. The molecule has 0 saturated heterocycles. The highest BCUT2D eigenvalue weighted by molar-refractivity contribution is 7.92. The van der Waals surface area contributed by atoms with Gasteiger partial charge in [-0.3, -0.25) is 4.72 Å². The molecule has 2 aromatic rings. The van der Waals surface area contributed by atoms with Crippen molar-refractivity contribution in [2.24, 2.45) is 0 Å². The van der Waals surface area contributed by atoms with E-state index in [-0.39, 0.29) is 6.04 Å². The van der Waals surface area contributed by atoms with E-state index in [1.807, 2.05) is 13.8 Å². The summed E-state index contributed by atoms with van der Waals surface area (Å²) < 4.78 is 31.7. The minimum atomic E-state index is -3.39. The number of benzene rings is 2. The van der Waals surface area contributed by atoms with Crippen LogP contribution in [0, 0.1) is 11.3 Å². The highest BCUT2D eigenvalue weighted by atomic mass is 32.2. The summed E-state index contributed by atoms with van der Waals surface area (Å²) in [7, 11) is -3.39. The van der Waals surface area contributed by atoms with Crippen LogP contribution in [0.4, 0.5) is 11.4 Å². The maximum Gasteiger partial charge on any atom is 0.229 e. The Bertz CT molecular complexity index is 1070. The minimum absolute atomic E-state index is 0.173. The fraction of sp³-hybridized carbons (Fsp3) is 0.300. The SMILES string of the molecule is CC1(C)CC(NC(=S)Nc2ccc(C#N)cc2)c2cc(NS(C)(=O)=O)ccc2O1. The van der Waals surface area contributed by atoms with Crippen LogP contribution >= 0.6 is 12.2 Å². The lowest BCUT2D eigenvalue weighted by atomic mass is 9.89. The Kier molecular flexibility index (Phi) is 5.68. The number of fused-ring (bicyclic) bond motifs is 1. The second kappa shape index (κ2) is 7.89. The zero-order valence-corrected chi connectivity index (χ0v) is 17.9. The monoisotopic (exact) mass is 430 g/mol. The van der Waals surface area contributed by atoms with Gasteiger partial charge in [-0.1, -0.05) is 0 Å². The molecular weight excluding hydrogens is 408 g/mol. The lowest BCUT2D eigenvalue weighted by Gasteiger charge is -2.38. The molecule has 29 heavy (non-hydrogen) atoms. The number of thiocarbonyl (C=S) groups is 1. The number of hydrogen-bond acceptors (Lipinski definition) is 5. The third kappa shape index (κ3) is 5.59. The van der Waals surface area contributed by atoms with Crippen molar-refractivity contribution in [3.05, 3.63) is 53.6 Å². The highest BCUT2D eigenvalue weighted by Crippen LogP contribution is 2.40. The van der Waals surface area contributed by atoms with Crippen molar-refractivity contribution in [2.75, 3.05) is 16.3 Å². The summed E-state index contributed by atoms with van der Waals surface area (Å²) in [5.74, 6) is 0.680. The van der Waals surface area contributed by atoms with E-state index in [2.05, 4.69) is 21.4 Å². The molecule has 0 saturated carbocycles. The van der Waals surface area contributed by atoms with Gasteiger partial charge in [-0.2, -0.15) is 5.26 Å². The molecule has 1 heterocycles. The Hall–Kier alpha value is -2.83. The third-order valence-electron chi connectivity index (χ3n) is 4.35. The smallest absolute Gasteiger partial charge is 0.229 e. The molecule has 152 valence electrons. The molecule has 0 aromatic heterocycles. The summed E-state index contributed by atoms with van der Waals surface area (Å²) in [6, 6.07) is 14.1. The lowest BCUT2D eigenvalue weighted by molar-refractivity contribution is 0.0697. The second-order valence-electron chi connectivity index (χ2n) is 7.53. The highest BCUT2D eigenvalue weighted by Gasteiger charge is 2.34. The van der Waals surface area contributed by atoms with E-state index in [1.54, 1.807) is 42.5 Å². The van der Waals surface area contributed by atoms with Gasteiger partial charge in [-0.15, -0.1) is 0 Å². The standard InChI is InChI=1S/C20H22N4O3S2/c1-20(2)11-17(23-19(28)22-14-6-4-13(12-21)5-7-14)16-10-15(24-29(3,25)26)8-9-18(16)27-20/h4-10,17,24H,11H2,1-3H3,(H2,22,23,28). The van der Waals surface area contributed by atoms with Crippen molar-refractivity contribution in [1.29, 1.82) is 5.26 Å². The maximum absolute atomic E-state index is 11.6. The zero-order valence-electron chi connectivity index (χ0n) is 16.3. The van der Waals surface area contributed by atoms with Crippen molar-refractivity contribution in [3.8, 4) is 11.8 Å². The van der Waals surface area contributed by atoms with Gasteiger partial charge in [0.1, 0.15) is 11.4 Å². The molecule has 3 N–H and O–H groups in total. The molecule has 3 rings (SSSR count). The summed E-state index contributed by atoms with van der Waals surface area (Å²) in [6.45, 7) is 3.98. The summed E-state index contributed by atoms with van der Waals surface area (Å²) in [6.07, 6.45) is 1.75. The first-order chi connectivity index (χ1) is 13.5. The van der Waals surface area contributed by atoms with Crippen LogP contribution in [0.3, 0.4) is 0 Å². The number of hydrogen-bond donors (Lipinski definition) is 3. The van der Waals surface area contributed by atoms with E-state index in [9.17, 15) is 8.42 Å². The number of anilines is 2. The van der Waals surface area contributed by atoms with Gasteiger partial charge in [0.2, 0.25) is 10.0 Å². The fourth-order valence-electron chi connectivity index (χ4n) is 3.21.